The van der Waals surface area contributed by atoms with Crippen molar-refractivity contribution in [3.63, 3.8) is 0 Å². The number of aryl methyl sites for hydroxylation is 2. The highest BCUT2D eigenvalue weighted by Crippen LogP contribution is 2.33. The minimum atomic E-state index is 0.243. The molecule has 2 aromatic heterocycles. The summed E-state index contributed by atoms with van der Waals surface area (Å²) in [4.78, 5) is 5.63. The molecule has 0 aliphatic heterocycles. The maximum Gasteiger partial charge on any atom is 0.110 e. The number of nitrogens with one attached hydrogen (secondary N) is 1. The number of hydrogen-bond acceptors (Lipinski definition) is 3. The summed E-state index contributed by atoms with van der Waals surface area (Å²) < 4.78 is 2.06. The molecule has 0 spiro atoms. The van der Waals surface area contributed by atoms with Crippen LogP contribution in [0.4, 0.5) is 0 Å². The fraction of sp³-hybridized carbons (Fsp3) is 0.500. The fourth-order valence-corrected chi connectivity index (χ4v) is 3.44. The first-order chi connectivity index (χ1) is 9.13. The average Bonchev–Trinajstić information content (AvgIpc) is 2.94. The third kappa shape index (κ3) is 3.38. The van der Waals surface area contributed by atoms with E-state index >= 15 is 0 Å². The van der Waals surface area contributed by atoms with Crippen molar-refractivity contribution in [2.45, 2.75) is 32.7 Å². The van der Waals surface area contributed by atoms with E-state index < -0.39 is 0 Å². The van der Waals surface area contributed by atoms with Crippen molar-refractivity contribution < 1.29 is 0 Å². The number of nitrogens with zero attached hydrogens (tertiary/aromatic N) is 2. The highest BCUT2D eigenvalue weighted by molar-refractivity contribution is 7.10. The van der Waals surface area contributed by atoms with Gasteiger partial charge in [0.2, 0.25) is 0 Å². The van der Waals surface area contributed by atoms with Crippen molar-refractivity contribution in [1.29, 1.82) is 0 Å². The molecule has 2 rings (SSSR count). The molecule has 1 N–H and O–H groups in total. The van der Waals surface area contributed by atoms with Crippen LogP contribution in [0.3, 0.4) is 0 Å². The Morgan fingerprint density at radius 2 is 2.32 bits per heavy atom. The quantitative estimate of drug-likeness (QED) is 0.880. The van der Waals surface area contributed by atoms with E-state index in [1.54, 1.807) is 11.3 Å². The van der Waals surface area contributed by atoms with Crippen LogP contribution >= 0.6 is 22.9 Å². The average molecular weight is 298 g/mol. The monoisotopic (exact) mass is 297 g/mol. The second-order valence-corrected chi connectivity index (χ2v) is 6.05. The molecule has 19 heavy (non-hydrogen) atoms. The van der Waals surface area contributed by atoms with Crippen LogP contribution in [-0.2, 0) is 13.5 Å². The SMILES string of the molecule is CCCNC(Cc1nccn1C)c1scc(C)c1Cl. The van der Waals surface area contributed by atoms with Crippen LogP contribution in [-0.4, -0.2) is 16.1 Å². The van der Waals surface area contributed by atoms with Gasteiger partial charge in [0, 0.05) is 30.7 Å². The first kappa shape index (κ1) is 14.6. The molecular weight excluding hydrogens is 278 g/mol. The van der Waals surface area contributed by atoms with Gasteiger partial charge in [0.1, 0.15) is 5.82 Å². The van der Waals surface area contributed by atoms with Crippen LogP contribution in [0.1, 0.15) is 35.7 Å². The minimum absolute atomic E-state index is 0.243. The molecule has 0 saturated heterocycles. The van der Waals surface area contributed by atoms with Gasteiger partial charge in [0.25, 0.3) is 0 Å². The Balaban J connectivity index is 2.21. The summed E-state index contributed by atoms with van der Waals surface area (Å²) in [5, 5.41) is 6.60. The molecule has 2 aromatic rings. The molecular formula is C14H20ClN3S. The molecule has 5 heteroatoms. The molecule has 0 saturated carbocycles. The van der Waals surface area contributed by atoms with E-state index in [0.29, 0.717) is 0 Å². The van der Waals surface area contributed by atoms with E-state index in [2.05, 4.69) is 34.1 Å². The molecule has 1 unspecified atom stereocenters. The van der Waals surface area contributed by atoms with E-state index in [4.69, 9.17) is 11.6 Å². The lowest BCUT2D eigenvalue weighted by molar-refractivity contribution is 0.519. The molecule has 0 fully saturated rings. The summed E-state index contributed by atoms with van der Waals surface area (Å²) in [5.41, 5.74) is 1.16. The number of imidazole rings is 1. The van der Waals surface area contributed by atoms with Crippen molar-refractivity contribution >= 4 is 22.9 Å². The standard InChI is InChI=1S/C14H20ClN3S/c1-4-5-16-11(8-12-17-6-7-18(12)3)14-13(15)10(2)9-19-14/h6-7,9,11,16H,4-5,8H2,1-3H3. The Labute approximate surface area is 123 Å². The van der Waals surface area contributed by atoms with Crippen molar-refractivity contribution in [3.05, 3.63) is 39.1 Å². The molecule has 0 bridgehead atoms. The summed E-state index contributed by atoms with van der Waals surface area (Å²) in [6.07, 6.45) is 5.79. The molecule has 1 atom stereocenters. The maximum absolute atomic E-state index is 6.41. The number of rotatable bonds is 6. The van der Waals surface area contributed by atoms with Gasteiger partial charge >= 0.3 is 0 Å². The Morgan fingerprint density at radius 1 is 1.53 bits per heavy atom. The first-order valence-electron chi connectivity index (χ1n) is 6.56. The summed E-state index contributed by atoms with van der Waals surface area (Å²) in [6, 6.07) is 0.243. The largest absolute Gasteiger partial charge is 0.338 e. The molecule has 0 aromatic carbocycles. The Morgan fingerprint density at radius 3 is 2.84 bits per heavy atom. The zero-order valence-corrected chi connectivity index (χ0v) is 13.2. The second kappa shape index (κ2) is 6.55. The molecule has 104 valence electrons. The fourth-order valence-electron chi connectivity index (χ4n) is 2.04. The Bertz CT molecular complexity index is 533. The zero-order valence-electron chi connectivity index (χ0n) is 11.6. The minimum Gasteiger partial charge on any atom is -0.338 e. The van der Waals surface area contributed by atoms with Crippen molar-refractivity contribution in [2.24, 2.45) is 7.05 Å². The van der Waals surface area contributed by atoms with Crippen LogP contribution in [0.2, 0.25) is 5.02 Å². The Kier molecular flexibility index (Phi) is 5.02. The molecule has 0 amide bonds. The predicted molar refractivity (Wildman–Crippen MR) is 82.0 cm³/mol. The van der Waals surface area contributed by atoms with Crippen LogP contribution in [0, 0.1) is 6.92 Å². The summed E-state index contributed by atoms with van der Waals surface area (Å²) in [7, 11) is 2.03. The van der Waals surface area contributed by atoms with Gasteiger partial charge in [-0.15, -0.1) is 11.3 Å². The summed E-state index contributed by atoms with van der Waals surface area (Å²) in [6.45, 7) is 5.22. The smallest absolute Gasteiger partial charge is 0.110 e. The summed E-state index contributed by atoms with van der Waals surface area (Å²) >= 11 is 8.14. The molecule has 0 radical (unpaired) electrons. The van der Waals surface area contributed by atoms with Crippen LogP contribution in [0.15, 0.2) is 17.8 Å². The molecule has 0 aliphatic carbocycles. The molecule has 3 nitrogen and oxygen atoms in total. The van der Waals surface area contributed by atoms with E-state index in [9.17, 15) is 0 Å². The van der Waals surface area contributed by atoms with Crippen LogP contribution < -0.4 is 5.32 Å². The normalized spacial score (nSPS) is 12.8. The predicted octanol–water partition coefficient (Wildman–Crippen LogP) is 3.73. The number of halogens is 1. The van der Waals surface area contributed by atoms with E-state index in [1.807, 2.05) is 19.4 Å². The van der Waals surface area contributed by atoms with Crippen molar-refractivity contribution in [2.75, 3.05) is 6.54 Å². The van der Waals surface area contributed by atoms with Crippen LogP contribution in [0.5, 0.6) is 0 Å². The van der Waals surface area contributed by atoms with Gasteiger partial charge in [-0.2, -0.15) is 0 Å². The number of hydrogen-bond donors (Lipinski definition) is 1. The zero-order chi connectivity index (χ0) is 13.8. The van der Waals surface area contributed by atoms with Gasteiger partial charge in [-0.25, -0.2) is 4.98 Å². The number of thiophene rings is 1. The third-order valence-electron chi connectivity index (χ3n) is 3.19. The van der Waals surface area contributed by atoms with Crippen LogP contribution in [0.25, 0.3) is 0 Å². The Hall–Kier alpha value is -0.840. The molecule has 0 aliphatic rings. The van der Waals surface area contributed by atoms with Gasteiger partial charge in [-0.3, -0.25) is 0 Å². The lowest BCUT2D eigenvalue weighted by Crippen LogP contribution is -2.24. The van der Waals surface area contributed by atoms with Crippen molar-refractivity contribution in [1.82, 2.24) is 14.9 Å². The second-order valence-electron chi connectivity index (χ2n) is 4.76. The van der Waals surface area contributed by atoms with Crippen molar-refractivity contribution in [3.8, 4) is 0 Å². The number of aromatic nitrogens is 2. The maximum atomic E-state index is 6.41. The lowest BCUT2D eigenvalue weighted by Gasteiger charge is -2.17. The van der Waals surface area contributed by atoms with E-state index in [-0.39, 0.29) is 6.04 Å². The van der Waals surface area contributed by atoms with Gasteiger partial charge in [0.05, 0.1) is 11.1 Å². The van der Waals surface area contributed by atoms with E-state index in [0.717, 1.165) is 35.8 Å². The van der Waals surface area contributed by atoms with E-state index in [1.165, 1.54) is 4.88 Å². The van der Waals surface area contributed by atoms with Gasteiger partial charge < -0.3 is 9.88 Å². The summed E-state index contributed by atoms with van der Waals surface area (Å²) in [5.74, 6) is 1.08. The van der Waals surface area contributed by atoms with Gasteiger partial charge in [-0.1, -0.05) is 18.5 Å². The van der Waals surface area contributed by atoms with Gasteiger partial charge in [0.15, 0.2) is 0 Å². The highest BCUT2D eigenvalue weighted by Gasteiger charge is 2.19. The third-order valence-corrected chi connectivity index (χ3v) is 5.02. The topological polar surface area (TPSA) is 29.9 Å². The first-order valence-corrected chi connectivity index (χ1v) is 7.82. The molecule has 2 heterocycles. The lowest BCUT2D eigenvalue weighted by atomic mass is 10.1. The van der Waals surface area contributed by atoms with Gasteiger partial charge in [-0.05, 0) is 30.8 Å². The highest BCUT2D eigenvalue weighted by atomic mass is 35.5.